The van der Waals surface area contributed by atoms with Crippen LogP contribution in [0.15, 0.2) is 30.3 Å². The van der Waals surface area contributed by atoms with Crippen molar-refractivity contribution in [3.63, 3.8) is 0 Å². The molecule has 2 aromatic rings. The molecule has 0 spiro atoms. The van der Waals surface area contributed by atoms with Gasteiger partial charge in [0.05, 0.1) is 5.52 Å². The maximum absolute atomic E-state index is 4.75. The van der Waals surface area contributed by atoms with E-state index in [-0.39, 0.29) is 0 Å². The van der Waals surface area contributed by atoms with Gasteiger partial charge in [0, 0.05) is 24.2 Å². The summed E-state index contributed by atoms with van der Waals surface area (Å²) in [5.74, 6) is 2.04. The van der Waals surface area contributed by atoms with Gasteiger partial charge in [-0.1, -0.05) is 18.2 Å². The van der Waals surface area contributed by atoms with Crippen LogP contribution in [0.2, 0.25) is 0 Å². The zero-order valence-electron chi connectivity index (χ0n) is 9.06. The second-order valence-electron chi connectivity index (χ2n) is 4.12. The first-order valence-corrected chi connectivity index (χ1v) is 6.26. The molecular weight excluding hydrogens is 216 g/mol. The van der Waals surface area contributed by atoms with E-state index in [9.17, 15) is 0 Å². The minimum Gasteiger partial charge on any atom is -0.355 e. The Morgan fingerprint density at radius 2 is 2.19 bits per heavy atom. The van der Waals surface area contributed by atoms with Crippen LogP contribution in [-0.2, 0) is 6.42 Å². The number of fused-ring (bicyclic) bond motifs is 2. The van der Waals surface area contributed by atoms with Crippen molar-refractivity contribution >= 4 is 29.3 Å². The smallest absolute Gasteiger partial charge is 0.132 e. The van der Waals surface area contributed by atoms with Crippen LogP contribution in [0.4, 0.5) is 5.82 Å². The van der Waals surface area contributed by atoms with Crippen molar-refractivity contribution in [2.45, 2.75) is 6.42 Å². The molecule has 3 heteroatoms. The molecule has 0 bridgehead atoms. The van der Waals surface area contributed by atoms with Gasteiger partial charge in [-0.3, -0.25) is 0 Å². The van der Waals surface area contributed by atoms with Gasteiger partial charge in [0.25, 0.3) is 0 Å². The molecule has 1 aliphatic rings. The minimum atomic E-state index is 0.883. The molecule has 2 heterocycles. The SMILES string of the molecule is SCCN1CCc2cc3ccccc3nc21. The molecule has 0 saturated carbocycles. The minimum absolute atomic E-state index is 0.883. The summed E-state index contributed by atoms with van der Waals surface area (Å²) >= 11 is 4.29. The Bertz CT molecular complexity index is 524. The number of hydrogen-bond donors (Lipinski definition) is 1. The quantitative estimate of drug-likeness (QED) is 0.798. The molecule has 0 unspecified atom stereocenters. The van der Waals surface area contributed by atoms with Gasteiger partial charge in [0.15, 0.2) is 0 Å². The second-order valence-corrected chi connectivity index (χ2v) is 4.57. The third-order valence-electron chi connectivity index (χ3n) is 3.10. The van der Waals surface area contributed by atoms with Crippen LogP contribution < -0.4 is 4.90 Å². The zero-order valence-corrected chi connectivity index (χ0v) is 9.95. The molecule has 16 heavy (non-hydrogen) atoms. The maximum Gasteiger partial charge on any atom is 0.132 e. The average Bonchev–Trinajstić information content (AvgIpc) is 2.70. The van der Waals surface area contributed by atoms with Crippen LogP contribution in [0.1, 0.15) is 5.56 Å². The van der Waals surface area contributed by atoms with Crippen molar-refractivity contribution in [3.05, 3.63) is 35.9 Å². The lowest BCUT2D eigenvalue weighted by Gasteiger charge is -2.16. The molecule has 0 radical (unpaired) electrons. The molecule has 1 aliphatic heterocycles. The van der Waals surface area contributed by atoms with Crippen LogP contribution in [0.25, 0.3) is 10.9 Å². The highest BCUT2D eigenvalue weighted by Crippen LogP contribution is 2.28. The normalized spacial score (nSPS) is 14.4. The summed E-state index contributed by atoms with van der Waals surface area (Å²) in [6.45, 7) is 2.07. The van der Waals surface area contributed by atoms with E-state index < -0.39 is 0 Å². The molecule has 0 aliphatic carbocycles. The fourth-order valence-electron chi connectivity index (χ4n) is 2.31. The van der Waals surface area contributed by atoms with Crippen LogP contribution in [-0.4, -0.2) is 23.8 Å². The number of pyridine rings is 1. The van der Waals surface area contributed by atoms with Crippen LogP contribution in [0.3, 0.4) is 0 Å². The summed E-state index contributed by atoms with van der Waals surface area (Å²) in [6, 6.07) is 10.6. The van der Waals surface area contributed by atoms with Gasteiger partial charge < -0.3 is 4.90 Å². The molecule has 0 atom stereocenters. The predicted molar refractivity (Wildman–Crippen MR) is 71.5 cm³/mol. The molecule has 82 valence electrons. The summed E-state index contributed by atoms with van der Waals surface area (Å²) in [4.78, 5) is 7.08. The third kappa shape index (κ3) is 1.55. The van der Waals surface area contributed by atoms with E-state index in [1.54, 1.807) is 0 Å². The molecule has 0 fully saturated rings. The van der Waals surface area contributed by atoms with Gasteiger partial charge in [-0.15, -0.1) is 0 Å². The van der Waals surface area contributed by atoms with Crippen LogP contribution >= 0.6 is 12.6 Å². The monoisotopic (exact) mass is 230 g/mol. The number of benzene rings is 1. The Labute approximate surface area is 101 Å². The number of aromatic nitrogens is 1. The van der Waals surface area contributed by atoms with Crippen LogP contribution in [0.5, 0.6) is 0 Å². The molecular formula is C13H14N2S. The van der Waals surface area contributed by atoms with Crippen molar-refractivity contribution in [2.75, 3.05) is 23.7 Å². The second kappa shape index (κ2) is 3.98. The summed E-state index contributed by atoms with van der Waals surface area (Å²) in [5.41, 5.74) is 2.47. The first-order valence-electron chi connectivity index (χ1n) is 5.63. The highest BCUT2D eigenvalue weighted by atomic mass is 32.1. The Kier molecular flexibility index (Phi) is 2.48. The summed E-state index contributed by atoms with van der Waals surface area (Å²) in [5, 5.41) is 1.24. The van der Waals surface area contributed by atoms with Crippen LogP contribution in [0, 0.1) is 0 Å². The van der Waals surface area contributed by atoms with E-state index in [0.717, 1.165) is 36.6 Å². The number of rotatable bonds is 2. The zero-order chi connectivity index (χ0) is 11.0. The predicted octanol–water partition coefficient (Wildman–Crippen LogP) is 2.53. The summed E-state index contributed by atoms with van der Waals surface area (Å²) in [7, 11) is 0. The Morgan fingerprint density at radius 1 is 1.31 bits per heavy atom. The fourth-order valence-corrected chi connectivity index (χ4v) is 2.55. The number of anilines is 1. The fraction of sp³-hybridized carbons (Fsp3) is 0.308. The van der Waals surface area contributed by atoms with E-state index >= 15 is 0 Å². The first-order chi connectivity index (χ1) is 7.88. The molecule has 3 rings (SSSR count). The Hall–Kier alpha value is -1.22. The van der Waals surface area contributed by atoms with E-state index in [2.05, 4.69) is 41.8 Å². The number of thiol groups is 1. The summed E-state index contributed by atoms with van der Waals surface area (Å²) < 4.78 is 0. The number of nitrogens with zero attached hydrogens (tertiary/aromatic N) is 2. The Balaban J connectivity index is 2.12. The van der Waals surface area contributed by atoms with Crippen molar-refractivity contribution in [1.29, 1.82) is 0 Å². The standard InChI is InChI=1S/C13H14N2S/c16-8-7-15-6-5-11-9-10-3-1-2-4-12(10)14-13(11)15/h1-4,9,16H,5-8H2. The summed E-state index contributed by atoms with van der Waals surface area (Å²) in [6.07, 6.45) is 1.11. The van der Waals surface area contributed by atoms with Crippen molar-refractivity contribution in [1.82, 2.24) is 4.98 Å². The molecule has 0 N–H and O–H groups in total. The highest BCUT2D eigenvalue weighted by Gasteiger charge is 2.20. The molecule has 0 amide bonds. The molecule has 1 aromatic heterocycles. The van der Waals surface area contributed by atoms with E-state index in [4.69, 9.17) is 4.98 Å². The van der Waals surface area contributed by atoms with E-state index in [1.807, 2.05) is 6.07 Å². The van der Waals surface area contributed by atoms with Crippen molar-refractivity contribution in [3.8, 4) is 0 Å². The lowest BCUT2D eigenvalue weighted by Crippen LogP contribution is -2.23. The van der Waals surface area contributed by atoms with Gasteiger partial charge in [-0.2, -0.15) is 12.6 Å². The van der Waals surface area contributed by atoms with E-state index in [1.165, 1.54) is 10.9 Å². The highest BCUT2D eigenvalue weighted by molar-refractivity contribution is 7.80. The lowest BCUT2D eigenvalue weighted by molar-refractivity contribution is 0.865. The van der Waals surface area contributed by atoms with Gasteiger partial charge in [-0.25, -0.2) is 4.98 Å². The first kappa shape index (κ1) is 9.97. The van der Waals surface area contributed by atoms with Gasteiger partial charge in [0.2, 0.25) is 0 Å². The van der Waals surface area contributed by atoms with Gasteiger partial charge in [0.1, 0.15) is 5.82 Å². The third-order valence-corrected chi connectivity index (χ3v) is 3.30. The Morgan fingerprint density at radius 3 is 3.06 bits per heavy atom. The van der Waals surface area contributed by atoms with Gasteiger partial charge >= 0.3 is 0 Å². The maximum atomic E-state index is 4.75. The largest absolute Gasteiger partial charge is 0.355 e. The number of hydrogen-bond acceptors (Lipinski definition) is 3. The molecule has 1 aromatic carbocycles. The topological polar surface area (TPSA) is 16.1 Å². The van der Waals surface area contributed by atoms with Crippen molar-refractivity contribution in [2.24, 2.45) is 0 Å². The molecule has 0 saturated heterocycles. The van der Waals surface area contributed by atoms with E-state index in [0.29, 0.717) is 0 Å². The average molecular weight is 230 g/mol. The number of para-hydroxylation sites is 1. The molecule has 2 nitrogen and oxygen atoms in total. The lowest BCUT2D eigenvalue weighted by atomic mass is 10.1. The van der Waals surface area contributed by atoms with Crippen molar-refractivity contribution < 1.29 is 0 Å². The van der Waals surface area contributed by atoms with Gasteiger partial charge in [-0.05, 0) is 24.1 Å².